The first kappa shape index (κ1) is 14.5. The lowest BCUT2D eigenvalue weighted by atomic mass is 10.1. The van der Waals surface area contributed by atoms with Crippen LogP contribution in [0.4, 0.5) is 0 Å². The minimum atomic E-state index is -0.467. The Balaban J connectivity index is 2.12. The number of nitrogens with zero attached hydrogens (tertiary/aromatic N) is 2. The molecule has 1 aromatic heterocycles. The third-order valence-corrected chi connectivity index (χ3v) is 3.33. The van der Waals surface area contributed by atoms with E-state index >= 15 is 0 Å². The Labute approximate surface area is 119 Å². The molecule has 0 aromatic carbocycles. The monoisotopic (exact) mass is 275 g/mol. The molecule has 1 aliphatic rings. The minimum absolute atomic E-state index is 0.0152. The van der Waals surface area contributed by atoms with Gasteiger partial charge in [-0.05, 0) is 23.6 Å². The van der Waals surface area contributed by atoms with E-state index < -0.39 is 6.04 Å². The highest BCUT2D eigenvalue weighted by Gasteiger charge is 2.29. The molecule has 5 nitrogen and oxygen atoms in total. The number of carbonyl (C=O) groups is 2. The number of hydrogen-bond acceptors (Lipinski definition) is 3. The number of rotatable bonds is 4. The molecule has 0 aliphatic carbocycles. The summed E-state index contributed by atoms with van der Waals surface area (Å²) >= 11 is 0. The third kappa shape index (κ3) is 3.79. The highest BCUT2D eigenvalue weighted by atomic mass is 16.2. The molecular formula is C15H21N3O2. The predicted octanol–water partition coefficient (Wildman–Crippen LogP) is 0.997. The van der Waals surface area contributed by atoms with Crippen molar-refractivity contribution in [3.63, 3.8) is 0 Å². The summed E-state index contributed by atoms with van der Waals surface area (Å²) in [7, 11) is 0. The lowest BCUT2D eigenvalue weighted by molar-refractivity contribution is -0.133. The first-order valence-electron chi connectivity index (χ1n) is 7.03. The summed E-state index contributed by atoms with van der Waals surface area (Å²) in [6.07, 6.45) is 4.29. The number of aromatic nitrogens is 1. The van der Waals surface area contributed by atoms with Crippen molar-refractivity contribution in [3.05, 3.63) is 30.1 Å². The van der Waals surface area contributed by atoms with E-state index in [1.807, 2.05) is 12.1 Å². The maximum atomic E-state index is 12.5. The van der Waals surface area contributed by atoms with Gasteiger partial charge in [-0.2, -0.15) is 0 Å². The molecule has 1 aromatic rings. The van der Waals surface area contributed by atoms with Crippen molar-refractivity contribution in [2.45, 2.75) is 32.7 Å². The average Bonchev–Trinajstić information content (AvgIpc) is 2.53. The molecule has 0 bridgehead atoms. The number of amides is 2. The smallest absolute Gasteiger partial charge is 0.245 e. The molecule has 5 heteroatoms. The van der Waals surface area contributed by atoms with E-state index in [9.17, 15) is 9.59 Å². The Morgan fingerprint density at radius 2 is 2.05 bits per heavy atom. The molecule has 1 N–H and O–H groups in total. The molecule has 108 valence electrons. The molecule has 20 heavy (non-hydrogen) atoms. The molecule has 0 saturated carbocycles. The second-order valence-corrected chi connectivity index (χ2v) is 5.61. The summed E-state index contributed by atoms with van der Waals surface area (Å²) < 4.78 is 0. The zero-order valence-corrected chi connectivity index (χ0v) is 12.0. The average molecular weight is 275 g/mol. The fourth-order valence-electron chi connectivity index (χ4n) is 2.41. The predicted molar refractivity (Wildman–Crippen MR) is 75.9 cm³/mol. The van der Waals surface area contributed by atoms with Gasteiger partial charge in [0.15, 0.2) is 0 Å². The molecule has 2 heterocycles. The number of pyridine rings is 1. The van der Waals surface area contributed by atoms with Gasteiger partial charge < -0.3 is 10.2 Å². The number of carbonyl (C=O) groups excluding carboxylic acids is 2. The van der Waals surface area contributed by atoms with E-state index in [-0.39, 0.29) is 11.8 Å². The summed E-state index contributed by atoms with van der Waals surface area (Å²) in [6, 6.07) is 3.28. The van der Waals surface area contributed by atoms with Gasteiger partial charge in [-0.1, -0.05) is 13.8 Å². The fourth-order valence-corrected chi connectivity index (χ4v) is 2.41. The van der Waals surface area contributed by atoms with Crippen LogP contribution in [-0.4, -0.2) is 40.8 Å². The second kappa shape index (κ2) is 6.50. The zero-order chi connectivity index (χ0) is 14.5. The van der Waals surface area contributed by atoms with Crippen molar-refractivity contribution in [3.8, 4) is 0 Å². The van der Waals surface area contributed by atoms with Crippen molar-refractivity contribution < 1.29 is 9.59 Å². The van der Waals surface area contributed by atoms with Crippen LogP contribution in [0.3, 0.4) is 0 Å². The topological polar surface area (TPSA) is 62.3 Å². The van der Waals surface area contributed by atoms with E-state index in [1.54, 1.807) is 17.3 Å². The summed E-state index contributed by atoms with van der Waals surface area (Å²) in [6.45, 7) is 5.35. The molecule has 0 spiro atoms. The molecular weight excluding hydrogens is 254 g/mol. The molecule has 1 atom stereocenters. The van der Waals surface area contributed by atoms with Crippen LogP contribution in [0.15, 0.2) is 24.5 Å². The van der Waals surface area contributed by atoms with E-state index in [0.717, 1.165) is 5.56 Å². The summed E-state index contributed by atoms with van der Waals surface area (Å²) in [5, 5.41) is 2.83. The molecule has 0 radical (unpaired) electrons. The normalized spacial score (nSPS) is 19.9. The van der Waals surface area contributed by atoms with Crippen molar-refractivity contribution in [1.29, 1.82) is 0 Å². The summed E-state index contributed by atoms with van der Waals surface area (Å²) in [5.41, 5.74) is 1.00. The third-order valence-electron chi connectivity index (χ3n) is 3.33. The van der Waals surface area contributed by atoms with Crippen LogP contribution < -0.4 is 5.32 Å². The quantitative estimate of drug-likeness (QED) is 0.891. The van der Waals surface area contributed by atoms with Crippen LogP contribution >= 0.6 is 0 Å². The lowest BCUT2D eigenvalue weighted by Gasteiger charge is -2.25. The van der Waals surface area contributed by atoms with Gasteiger partial charge in [-0.25, -0.2) is 0 Å². The Bertz CT molecular complexity index is 473. The number of hydrogen-bond donors (Lipinski definition) is 1. The Morgan fingerprint density at radius 1 is 1.35 bits per heavy atom. The van der Waals surface area contributed by atoms with Gasteiger partial charge in [0.05, 0.1) is 0 Å². The van der Waals surface area contributed by atoms with Gasteiger partial charge in [0.1, 0.15) is 6.04 Å². The summed E-state index contributed by atoms with van der Waals surface area (Å²) in [4.78, 5) is 30.0. The maximum Gasteiger partial charge on any atom is 0.245 e. The van der Waals surface area contributed by atoms with E-state index in [1.165, 1.54) is 0 Å². The van der Waals surface area contributed by atoms with Gasteiger partial charge in [-0.15, -0.1) is 0 Å². The molecule has 1 saturated heterocycles. The van der Waals surface area contributed by atoms with Gasteiger partial charge >= 0.3 is 0 Å². The maximum absolute atomic E-state index is 12.5. The highest BCUT2D eigenvalue weighted by Crippen LogP contribution is 2.11. The van der Waals surface area contributed by atoms with Crippen LogP contribution in [-0.2, 0) is 16.0 Å². The van der Waals surface area contributed by atoms with Crippen LogP contribution in [0, 0.1) is 5.92 Å². The van der Waals surface area contributed by atoms with Crippen LogP contribution in [0.25, 0.3) is 0 Å². The van der Waals surface area contributed by atoms with Gasteiger partial charge in [-0.3, -0.25) is 14.6 Å². The van der Waals surface area contributed by atoms with Crippen LogP contribution in [0.2, 0.25) is 0 Å². The first-order chi connectivity index (χ1) is 9.56. The Morgan fingerprint density at radius 3 is 2.70 bits per heavy atom. The molecule has 2 rings (SSSR count). The highest BCUT2D eigenvalue weighted by molar-refractivity contribution is 5.90. The Hall–Kier alpha value is -1.91. The SMILES string of the molecule is CC(C)CN1CCC(=O)N[C@@H](Cc2ccncc2)C1=O. The fraction of sp³-hybridized carbons (Fsp3) is 0.533. The van der Waals surface area contributed by atoms with E-state index in [0.29, 0.717) is 31.8 Å². The molecule has 2 amide bonds. The molecule has 0 unspecified atom stereocenters. The van der Waals surface area contributed by atoms with Crippen LogP contribution in [0.1, 0.15) is 25.8 Å². The van der Waals surface area contributed by atoms with E-state index in [4.69, 9.17) is 0 Å². The largest absolute Gasteiger partial charge is 0.344 e. The Kier molecular flexibility index (Phi) is 4.71. The first-order valence-corrected chi connectivity index (χ1v) is 7.03. The summed E-state index contributed by atoms with van der Waals surface area (Å²) in [5.74, 6) is 0.360. The van der Waals surface area contributed by atoms with Gasteiger partial charge in [0.25, 0.3) is 0 Å². The number of nitrogens with one attached hydrogen (secondary N) is 1. The zero-order valence-electron chi connectivity index (χ0n) is 12.0. The van der Waals surface area contributed by atoms with Crippen molar-refractivity contribution in [1.82, 2.24) is 15.2 Å². The standard InChI is InChI=1S/C15H21N3O2/c1-11(2)10-18-8-5-14(19)17-13(15(18)20)9-12-3-6-16-7-4-12/h3-4,6-7,11,13H,5,8-10H2,1-2H3,(H,17,19)/t13-/m0/s1. The van der Waals surface area contributed by atoms with Gasteiger partial charge in [0, 0.05) is 38.3 Å². The van der Waals surface area contributed by atoms with Crippen molar-refractivity contribution >= 4 is 11.8 Å². The van der Waals surface area contributed by atoms with Crippen molar-refractivity contribution in [2.75, 3.05) is 13.1 Å². The van der Waals surface area contributed by atoms with Gasteiger partial charge in [0.2, 0.25) is 11.8 Å². The second-order valence-electron chi connectivity index (χ2n) is 5.61. The minimum Gasteiger partial charge on any atom is -0.344 e. The molecule has 1 aliphatic heterocycles. The lowest BCUT2D eigenvalue weighted by Crippen LogP contribution is -2.46. The van der Waals surface area contributed by atoms with Crippen molar-refractivity contribution in [2.24, 2.45) is 5.92 Å². The molecule has 1 fully saturated rings. The van der Waals surface area contributed by atoms with Crippen LogP contribution in [0.5, 0.6) is 0 Å². The van der Waals surface area contributed by atoms with E-state index in [2.05, 4.69) is 24.1 Å².